The Kier molecular flexibility index (Phi) is 3.67. The lowest BCUT2D eigenvalue weighted by atomic mass is 10.1. The summed E-state index contributed by atoms with van der Waals surface area (Å²) >= 11 is 0. The van der Waals surface area contributed by atoms with Gasteiger partial charge in [0.1, 0.15) is 5.76 Å². The zero-order valence-corrected chi connectivity index (χ0v) is 11.5. The van der Waals surface area contributed by atoms with Gasteiger partial charge in [-0.05, 0) is 48.6 Å². The van der Waals surface area contributed by atoms with Gasteiger partial charge in [-0.2, -0.15) is 10.4 Å². The minimum Gasteiger partial charge on any atom is -0.465 e. The van der Waals surface area contributed by atoms with Gasteiger partial charge in [0.2, 0.25) is 0 Å². The van der Waals surface area contributed by atoms with Crippen molar-refractivity contribution >= 4 is 18.1 Å². The Morgan fingerprint density at radius 3 is 2.91 bits per heavy atom. The molecule has 0 bridgehead atoms. The van der Waals surface area contributed by atoms with Crippen LogP contribution < -0.4 is 0 Å². The lowest BCUT2D eigenvalue weighted by molar-refractivity contribution is 0.0945. The van der Waals surface area contributed by atoms with Crippen LogP contribution in [0.4, 0.5) is 0 Å². The van der Waals surface area contributed by atoms with Crippen molar-refractivity contribution in [2.24, 2.45) is 0 Å². The molecule has 0 aliphatic rings. The molecule has 5 nitrogen and oxygen atoms in total. The molecule has 0 spiro atoms. The van der Waals surface area contributed by atoms with Crippen LogP contribution in [0.2, 0.25) is 0 Å². The summed E-state index contributed by atoms with van der Waals surface area (Å²) in [5.41, 5.74) is 1.50. The number of furan rings is 1. The van der Waals surface area contributed by atoms with Crippen LogP contribution in [-0.2, 0) is 0 Å². The second kappa shape index (κ2) is 5.94. The summed E-state index contributed by atoms with van der Waals surface area (Å²) in [7, 11) is 0. The van der Waals surface area contributed by atoms with E-state index in [1.165, 1.54) is 4.68 Å². The maximum absolute atomic E-state index is 12.3. The van der Waals surface area contributed by atoms with Gasteiger partial charge in [0.25, 0.3) is 5.91 Å². The quantitative estimate of drug-likeness (QED) is 0.742. The molecule has 2 heterocycles. The van der Waals surface area contributed by atoms with E-state index in [1.807, 2.05) is 12.1 Å². The molecule has 0 amide bonds. The van der Waals surface area contributed by atoms with E-state index >= 15 is 0 Å². The maximum atomic E-state index is 12.3. The number of hydrogen-bond donors (Lipinski definition) is 0. The maximum Gasteiger partial charge on any atom is 0.278 e. The third-order valence-corrected chi connectivity index (χ3v) is 3.02. The van der Waals surface area contributed by atoms with Gasteiger partial charge in [-0.1, -0.05) is 6.07 Å². The van der Waals surface area contributed by atoms with Gasteiger partial charge < -0.3 is 4.42 Å². The molecule has 3 aromatic rings. The molecular weight excluding hydrogens is 278 g/mol. The fourth-order valence-corrected chi connectivity index (χ4v) is 1.95. The summed E-state index contributed by atoms with van der Waals surface area (Å²) in [5.74, 6) is 0.428. The van der Waals surface area contributed by atoms with Crippen LogP contribution in [0, 0.1) is 11.3 Å². The van der Waals surface area contributed by atoms with Crippen LogP contribution in [0.5, 0.6) is 0 Å². The molecule has 3 rings (SSSR count). The number of nitriles is 1. The second-order valence-corrected chi connectivity index (χ2v) is 4.53. The number of carbonyl (C=O) groups excluding carboxylic acids is 1. The van der Waals surface area contributed by atoms with Gasteiger partial charge in [-0.15, -0.1) is 0 Å². The highest BCUT2D eigenvalue weighted by molar-refractivity contribution is 5.95. The first-order valence-corrected chi connectivity index (χ1v) is 6.58. The third kappa shape index (κ3) is 2.86. The first-order chi connectivity index (χ1) is 10.8. The molecular formula is C17H11N3O2. The van der Waals surface area contributed by atoms with Crippen LogP contribution in [0.1, 0.15) is 27.4 Å². The monoisotopic (exact) mass is 289 g/mol. The van der Waals surface area contributed by atoms with Gasteiger partial charge in [0.05, 0.1) is 23.6 Å². The van der Waals surface area contributed by atoms with E-state index in [1.54, 1.807) is 61.0 Å². The predicted molar refractivity (Wildman–Crippen MR) is 80.7 cm³/mol. The summed E-state index contributed by atoms with van der Waals surface area (Å²) in [6, 6.07) is 13.9. The highest BCUT2D eigenvalue weighted by Gasteiger charge is 2.10. The number of aromatic nitrogens is 2. The first kappa shape index (κ1) is 13.6. The van der Waals surface area contributed by atoms with Crippen LogP contribution in [0.15, 0.2) is 59.3 Å². The van der Waals surface area contributed by atoms with Crippen LogP contribution in [0.3, 0.4) is 0 Å². The van der Waals surface area contributed by atoms with Crippen molar-refractivity contribution in [1.82, 2.24) is 9.78 Å². The molecule has 0 N–H and O–H groups in total. The number of nitrogens with zero attached hydrogens (tertiary/aromatic N) is 3. The summed E-state index contributed by atoms with van der Waals surface area (Å²) in [5, 5.41) is 13.1. The zero-order chi connectivity index (χ0) is 15.4. The van der Waals surface area contributed by atoms with Crippen molar-refractivity contribution in [1.29, 1.82) is 5.26 Å². The fourth-order valence-electron chi connectivity index (χ4n) is 1.95. The Morgan fingerprint density at radius 2 is 2.14 bits per heavy atom. The summed E-state index contributed by atoms with van der Waals surface area (Å²) in [6.07, 6.45) is 6.70. The molecule has 0 aliphatic heterocycles. The van der Waals surface area contributed by atoms with Crippen molar-refractivity contribution in [2.75, 3.05) is 0 Å². The zero-order valence-electron chi connectivity index (χ0n) is 11.5. The molecule has 0 fully saturated rings. The predicted octanol–water partition coefficient (Wildman–Crippen LogP) is 3.21. The molecule has 22 heavy (non-hydrogen) atoms. The minimum atomic E-state index is -0.283. The highest BCUT2D eigenvalue weighted by Crippen LogP contribution is 2.09. The van der Waals surface area contributed by atoms with Crippen molar-refractivity contribution < 1.29 is 9.21 Å². The topological polar surface area (TPSA) is 71.8 Å². The van der Waals surface area contributed by atoms with Crippen LogP contribution in [0.25, 0.3) is 12.2 Å². The molecule has 5 heteroatoms. The lowest BCUT2D eigenvalue weighted by Gasteiger charge is -2.00. The lowest BCUT2D eigenvalue weighted by Crippen LogP contribution is -2.12. The molecule has 0 saturated heterocycles. The van der Waals surface area contributed by atoms with E-state index in [0.29, 0.717) is 22.6 Å². The van der Waals surface area contributed by atoms with Crippen LogP contribution >= 0.6 is 0 Å². The van der Waals surface area contributed by atoms with E-state index in [-0.39, 0.29) is 5.91 Å². The Morgan fingerprint density at radius 1 is 1.23 bits per heavy atom. The van der Waals surface area contributed by atoms with Gasteiger partial charge in [0.15, 0.2) is 0 Å². The minimum absolute atomic E-state index is 0.283. The molecule has 0 aliphatic carbocycles. The average Bonchev–Trinajstić information content (AvgIpc) is 3.23. The Hall–Kier alpha value is -3.39. The summed E-state index contributed by atoms with van der Waals surface area (Å²) in [4.78, 5) is 12.3. The summed E-state index contributed by atoms with van der Waals surface area (Å²) in [6.45, 7) is 0. The molecule has 0 unspecified atom stereocenters. The first-order valence-electron chi connectivity index (χ1n) is 6.58. The Balaban J connectivity index is 1.81. The number of benzene rings is 1. The number of rotatable bonds is 3. The SMILES string of the molecule is N#Cc1cccc(C(=O)n2ccc(C=Cc3ccco3)n2)c1. The Labute approximate surface area is 126 Å². The summed E-state index contributed by atoms with van der Waals surface area (Å²) < 4.78 is 6.43. The largest absolute Gasteiger partial charge is 0.465 e. The molecule has 1 aromatic carbocycles. The van der Waals surface area contributed by atoms with Crippen LogP contribution in [-0.4, -0.2) is 15.7 Å². The molecule has 0 atom stereocenters. The normalized spacial score (nSPS) is 10.7. The van der Waals surface area contributed by atoms with Crippen molar-refractivity contribution in [3.63, 3.8) is 0 Å². The Bertz CT molecular complexity index is 867. The van der Waals surface area contributed by atoms with Crippen molar-refractivity contribution in [3.05, 3.63) is 77.5 Å². The van der Waals surface area contributed by atoms with Gasteiger partial charge in [-0.25, -0.2) is 4.68 Å². The number of hydrogen-bond acceptors (Lipinski definition) is 4. The van der Waals surface area contributed by atoms with Gasteiger partial charge in [0, 0.05) is 11.8 Å². The van der Waals surface area contributed by atoms with E-state index in [0.717, 1.165) is 0 Å². The number of carbonyl (C=O) groups is 1. The van der Waals surface area contributed by atoms with Gasteiger partial charge in [-0.3, -0.25) is 4.79 Å². The smallest absolute Gasteiger partial charge is 0.278 e. The molecule has 0 radical (unpaired) electrons. The van der Waals surface area contributed by atoms with E-state index in [2.05, 4.69) is 5.10 Å². The molecule has 106 valence electrons. The van der Waals surface area contributed by atoms with E-state index in [4.69, 9.17) is 9.68 Å². The fraction of sp³-hybridized carbons (Fsp3) is 0. The molecule has 0 saturated carbocycles. The molecule has 2 aromatic heterocycles. The van der Waals surface area contributed by atoms with E-state index < -0.39 is 0 Å². The van der Waals surface area contributed by atoms with Crippen molar-refractivity contribution in [2.45, 2.75) is 0 Å². The average molecular weight is 289 g/mol. The van der Waals surface area contributed by atoms with Gasteiger partial charge >= 0.3 is 0 Å². The second-order valence-electron chi connectivity index (χ2n) is 4.53. The van der Waals surface area contributed by atoms with Crippen molar-refractivity contribution in [3.8, 4) is 6.07 Å². The van der Waals surface area contributed by atoms with E-state index in [9.17, 15) is 4.79 Å². The highest BCUT2D eigenvalue weighted by atomic mass is 16.3. The standard InChI is InChI=1S/C17H11N3O2/c18-12-13-3-1-4-14(11-13)17(21)20-9-8-15(19-20)6-7-16-5-2-10-22-16/h1-11H. The third-order valence-electron chi connectivity index (χ3n) is 3.02.